The van der Waals surface area contributed by atoms with E-state index in [0.29, 0.717) is 72.1 Å². The van der Waals surface area contributed by atoms with Crippen LogP contribution in [0.3, 0.4) is 0 Å². The first-order valence-electron chi connectivity index (χ1n) is 31.8. The maximum atomic E-state index is 13.4. The summed E-state index contributed by atoms with van der Waals surface area (Å²) in [5.41, 5.74) is 18.7. The van der Waals surface area contributed by atoms with Crippen LogP contribution in [0, 0.1) is 46.8 Å². The van der Waals surface area contributed by atoms with Crippen molar-refractivity contribution in [2.75, 3.05) is 54.6 Å². The maximum Gasteiger partial charge on any atom is 0.227 e. The molecule has 0 aliphatic heterocycles. The number of nitrogens with two attached hydrogens (primary N) is 2. The molecule has 6 atom stereocenters. The standard InChI is InChI=1S/C38H71N3O2.C31H44N2O2/c1-9-17-21-30(13-5)27-41(28-31(14-6)22-18-10-2)36-26-35(40-38(42)33(16-8)24-20-12-4)34(39)25-37(36)43-29-32(15-7)23-19-11-3;1-5-9-11-24(7-3)22-34-30-20-29(33)31(35-23-25(8-4)12-10-6-2)19-28(30)18-17-26-13-15-27(21-32)16-14-26/h25-26,30-33H,9-24,27-29,39H2,1-8H3,(H,40,42);13-20,24-25H,5-12,22-23,33H2,1-4H3/b;18-17+. The summed E-state index contributed by atoms with van der Waals surface area (Å²) in [6, 6.07) is 17.8. The molecular formula is C69H115N5O4. The second-order valence-electron chi connectivity index (χ2n) is 22.6. The number of carbonyl (C=O) groups is 1. The van der Waals surface area contributed by atoms with E-state index in [2.05, 4.69) is 105 Å². The largest absolute Gasteiger partial charge is 0.493 e. The lowest BCUT2D eigenvalue weighted by Gasteiger charge is -2.34. The normalized spacial score (nSPS) is 13.6. The second-order valence-corrected chi connectivity index (χ2v) is 22.6. The van der Waals surface area contributed by atoms with E-state index < -0.39 is 0 Å². The third kappa shape index (κ3) is 26.4. The molecule has 6 unspecified atom stereocenters. The van der Waals surface area contributed by atoms with Crippen molar-refractivity contribution in [3.8, 4) is 23.3 Å². The van der Waals surface area contributed by atoms with Gasteiger partial charge in [0.25, 0.3) is 0 Å². The third-order valence-corrected chi connectivity index (χ3v) is 16.2. The molecule has 0 heterocycles. The van der Waals surface area contributed by atoms with Gasteiger partial charge in [-0.1, -0.05) is 217 Å². The summed E-state index contributed by atoms with van der Waals surface area (Å²) >= 11 is 0. The number of anilines is 4. The zero-order valence-electron chi connectivity index (χ0n) is 51.9. The summed E-state index contributed by atoms with van der Waals surface area (Å²) in [6.07, 6.45) is 31.9. The van der Waals surface area contributed by atoms with Gasteiger partial charge in [-0.25, -0.2) is 0 Å². The Labute approximate surface area is 478 Å². The predicted molar refractivity (Wildman–Crippen MR) is 339 cm³/mol. The fourth-order valence-corrected chi connectivity index (χ4v) is 10.1. The van der Waals surface area contributed by atoms with Crippen molar-refractivity contribution < 1.29 is 19.0 Å². The number of nitriles is 1. The molecule has 0 spiro atoms. The molecule has 0 aromatic heterocycles. The minimum absolute atomic E-state index is 0.00994. The lowest BCUT2D eigenvalue weighted by molar-refractivity contribution is -0.120. The van der Waals surface area contributed by atoms with Gasteiger partial charge in [0.1, 0.15) is 17.2 Å². The third-order valence-electron chi connectivity index (χ3n) is 16.2. The van der Waals surface area contributed by atoms with Gasteiger partial charge in [0.05, 0.1) is 54.2 Å². The lowest BCUT2D eigenvalue weighted by Crippen LogP contribution is -2.35. The summed E-state index contributed by atoms with van der Waals surface area (Å²) in [5.74, 6) is 5.32. The monoisotopic (exact) mass is 1080 g/mol. The Morgan fingerprint density at radius 3 is 1.38 bits per heavy atom. The molecule has 78 heavy (non-hydrogen) atoms. The van der Waals surface area contributed by atoms with Crippen LogP contribution in [0.2, 0.25) is 0 Å². The van der Waals surface area contributed by atoms with Crippen molar-refractivity contribution in [2.45, 2.75) is 237 Å². The molecule has 0 aliphatic carbocycles. The Bertz CT molecular complexity index is 2080. The molecular weight excluding hydrogens is 963 g/mol. The number of hydrogen-bond acceptors (Lipinski definition) is 8. The van der Waals surface area contributed by atoms with Crippen LogP contribution >= 0.6 is 0 Å². The van der Waals surface area contributed by atoms with E-state index in [1.54, 1.807) is 0 Å². The molecule has 9 nitrogen and oxygen atoms in total. The number of ether oxygens (including phenoxy) is 3. The highest BCUT2D eigenvalue weighted by Crippen LogP contribution is 2.39. The molecule has 3 aromatic carbocycles. The zero-order chi connectivity index (χ0) is 57.5. The number of nitrogens with one attached hydrogen (secondary N) is 1. The summed E-state index contributed by atoms with van der Waals surface area (Å²) in [7, 11) is 0. The molecule has 5 N–H and O–H groups in total. The Kier molecular flexibility index (Phi) is 37.4. The van der Waals surface area contributed by atoms with Crippen molar-refractivity contribution >= 4 is 40.8 Å². The molecule has 0 fully saturated rings. The second kappa shape index (κ2) is 42.1. The molecule has 0 radical (unpaired) electrons. The maximum absolute atomic E-state index is 13.4. The average Bonchev–Trinajstić information content (AvgIpc) is 3.47. The molecule has 0 bridgehead atoms. The van der Waals surface area contributed by atoms with E-state index >= 15 is 0 Å². The van der Waals surface area contributed by atoms with Crippen LogP contribution in [0.15, 0.2) is 48.5 Å². The molecule has 3 rings (SSSR count). The van der Waals surface area contributed by atoms with Crippen LogP contribution in [0.4, 0.5) is 22.7 Å². The average molecular weight is 1080 g/mol. The van der Waals surface area contributed by atoms with Gasteiger partial charge in [-0.3, -0.25) is 4.79 Å². The fourth-order valence-electron chi connectivity index (χ4n) is 10.1. The number of unbranched alkanes of at least 4 members (excludes halogenated alkanes) is 6. The molecule has 0 saturated carbocycles. The van der Waals surface area contributed by atoms with Gasteiger partial charge >= 0.3 is 0 Å². The number of amides is 1. The number of nitrogen functional groups attached to an aromatic ring is 2. The van der Waals surface area contributed by atoms with Gasteiger partial charge < -0.3 is 35.9 Å². The van der Waals surface area contributed by atoms with E-state index in [9.17, 15) is 4.79 Å². The summed E-state index contributed by atoms with van der Waals surface area (Å²) in [5, 5.41) is 12.3. The van der Waals surface area contributed by atoms with Crippen LogP contribution < -0.4 is 35.9 Å². The molecule has 0 saturated heterocycles. The summed E-state index contributed by atoms with van der Waals surface area (Å²) in [4.78, 5) is 16.0. The molecule has 0 aliphatic rings. The topological polar surface area (TPSA) is 136 Å². The van der Waals surface area contributed by atoms with Crippen LogP contribution in [-0.2, 0) is 4.79 Å². The van der Waals surface area contributed by atoms with Gasteiger partial charge in [0.15, 0.2) is 0 Å². The molecule has 1 amide bonds. The molecule has 440 valence electrons. The summed E-state index contributed by atoms with van der Waals surface area (Å²) < 4.78 is 19.2. The van der Waals surface area contributed by atoms with Crippen LogP contribution in [0.5, 0.6) is 17.2 Å². The van der Waals surface area contributed by atoms with Gasteiger partial charge in [-0.05, 0) is 104 Å². The number of hydrogen-bond donors (Lipinski definition) is 3. The number of carbonyl (C=O) groups excluding carboxylic acids is 1. The Morgan fingerprint density at radius 1 is 0.526 bits per heavy atom. The number of rotatable bonds is 42. The Balaban J connectivity index is 0.000000544. The number of benzene rings is 3. The van der Waals surface area contributed by atoms with E-state index in [1.165, 1.54) is 109 Å². The first-order chi connectivity index (χ1) is 37.8. The SMILES string of the molecule is CCCCC(CC)COc1cc(/C=C/c2ccc(C#N)cc2)c(OCC(CC)CCCC)cc1N.CCCCC(CC)COc1cc(N)c(NC(=O)C(CC)CCCC)cc1N(CC(CC)CCCC)CC(CC)CCCC. The fraction of sp³-hybridized carbons (Fsp3) is 0.681. The van der Waals surface area contributed by atoms with Crippen LogP contribution in [-0.4, -0.2) is 38.8 Å². The minimum atomic E-state index is 0.00994. The van der Waals surface area contributed by atoms with Gasteiger partial charge in [0.2, 0.25) is 5.91 Å². The van der Waals surface area contributed by atoms with E-state index in [-0.39, 0.29) is 11.8 Å². The first-order valence-corrected chi connectivity index (χ1v) is 31.8. The van der Waals surface area contributed by atoms with Crippen LogP contribution in [0.1, 0.15) is 254 Å². The molecule has 9 heteroatoms. The highest BCUT2D eigenvalue weighted by molar-refractivity contribution is 5.96. The van der Waals surface area contributed by atoms with Gasteiger partial charge in [-0.15, -0.1) is 0 Å². The smallest absolute Gasteiger partial charge is 0.227 e. The van der Waals surface area contributed by atoms with E-state index in [4.69, 9.17) is 30.9 Å². The first kappa shape index (κ1) is 69.3. The summed E-state index contributed by atoms with van der Waals surface area (Å²) in [6.45, 7) is 31.0. The Hall–Kier alpha value is -4.84. The van der Waals surface area contributed by atoms with E-state index in [1.807, 2.05) is 54.6 Å². The van der Waals surface area contributed by atoms with Crippen molar-refractivity contribution in [2.24, 2.45) is 35.5 Å². The Morgan fingerprint density at radius 2 is 0.949 bits per heavy atom. The quantitative estimate of drug-likeness (QED) is 0.0377. The van der Waals surface area contributed by atoms with Crippen molar-refractivity contribution in [3.63, 3.8) is 0 Å². The van der Waals surface area contributed by atoms with Crippen molar-refractivity contribution in [3.05, 3.63) is 65.2 Å². The van der Waals surface area contributed by atoms with Crippen molar-refractivity contribution in [1.29, 1.82) is 5.26 Å². The highest BCUT2D eigenvalue weighted by atomic mass is 16.5. The molecule has 3 aromatic rings. The number of nitrogens with zero attached hydrogens (tertiary/aromatic N) is 2. The van der Waals surface area contributed by atoms with Gasteiger partial charge in [-0.2, -0.15) is 5.26 Å². The minimum Gasteiger partial charge on any atom is -0.493 e. The van der Waals surface area contributed by atoms with Gasteiger partial charge in [0, 0.05) is 36.7 Å². The lowest BCUT2D eigenvalue weighted by atomic mass is 9.95. The highest BCUT2D eigenvalue weighted by Gasteiger charge is 2.25. The predicted octanol–water partition coefficient (Wildman–Crippen LogP) is 19.8. The van der Waals surface area contributed by atoms with E-state index in [0.717, 1.165) is 92.0 Å². The zero-order valence-corrected chi connectivity index (χ0v) is 51.9. The van der Waals surface area contributed by atoms with Crippen LogP contribution in [0.25, 0.3) is 12.2 Å². The van der Waals surface area contributed by atoms with Crippen molar-refractivity contribution in [1.82, 2.24) is 0 Å².